The zero-order valence-electron chi connectivity index (χ0n) is 20.4. The van der Waals surface area contributed by atoms with Gasteiger partial charge >= 0.3 is 0 Å². The van der Waals surface area contributed by atoms with Gasteiger partial charge in [0.05, 0.1) is 23.4 Å². The number of hydrogen-bond acceptors (Lipinski definition) is 5. The number of nitrogens with one attached hydrogen (secondary N) is 3. The molecule has 4 aromatic carbocycles. The minimum absolute atomic E-state index is 0.106. The number of anilines is 2. The first-order valence-electron chi connectivity index (χ1n) is 11.6. The summed E-state index contributed by atoms with van der Waals surface area (Å²) in [6.45, 7) is 0.437. The fourth-order valence-corrected chi connectivity index (χ4v) is 3.92. The Bertz CT molecular complexity index is 1450. The van der Waals surface area contributed by atoms with Crippen LogP contribution >= 0.6 is 23.8 Å². The number of benzene rings is 4. The molecule has 0 radical (unpaired) electrons. The van der Waals surface area contributed by atoms with E-state index in [9.17, 15) is 9.59 Å². The summed E-state index contributed by atoms with van der Waals surface area (Å²) in [6, 6.07) is 28.4. The van der Waals surface area contributed by atoms with E-state index in [2.05, 4.69) is 16.0 Å². The Labute approximate surface area is 230 Å². The second-order valence-corrected chi connectivity index (χ2v) is 8.87. The summed E-state index contributed by atoms with van der Waals surface area (Å²) < 4.78 is 11.2. The van der Waals surface area contributed by atoms with Gasteiger partial charge in [0, 0.05) is 17.3 Å². The molecule has 0 aromatic heterocycles. The van der Waals surface area contributed by atoms with Gasteiger partial charge in [0.15, 0.2) is 5.11 Å². The molecule has 0 spiro atoms. The van der Waals surface area contributed by atoms with Crippen LogP contribution in [0, 0.1) is 0 Å². The van der Waals surface area contributed by atoms with E-state index in [1.54, 1.807) is 66.7 Å². The van der Waals surface area contributed by atoms with E-state index in [-0.39, 0.29) is 16.9 Å². The van der Waals surface area contributed by atoms with Gasteiger partial charge in [0.25, 0.3) is 11.8 Å². The number of amides is 2. The maximum atomic E-state index is 12.6. The normalized spacial score (nSPS) is 10.3. The fourth-order valence-electron chi connectivity index (χ4n) is 3.49. The predicted octanol–water partition coefficient (Wildman–Crippen LogP) is 6.31. The van der Waals surface area contributed by atoms with E-state index >= 15 is 0 Å². The van der Waals surface area contributed by atoms with Crippen LogP contribution in [0.15, 0.2) is 97.1 Å². The average molecular weight is 546 g/mol. The second kappa shape index (κ2) is 12.7. The number of hydrogen-bond donors (Lipinski definition) is 3. The van der Waals surface area contributed by atoms with Gasteiger partial charge in [-0.2, -0.15) is 0 Å². The van der Waals surface area contributed by atoms with Crippen LogP contribution in [0.4, 0.5) is 11.4 Å². The molecule has 0 bridgehead atoms. The summed E-state index contributed by atoms with van der Waals surface area (Å²) in [7, 11) is 1.48. The molecule has 9 heteroatoms. The zero-order chi connectivity index (χ0) is 26.9. The van der Waals surface area contributed by atoms with Crippen molar-refractivity contribution >= 4 is 52.1 Å². The Morgan fingerprint density at radius 1 is 0.842 bits per heavy atom. The SMILES string of the molecule is COc1cc(NC(=S)NC(=O)c2ccc(OCc3ccccc3)cc2)ccc1NC(=O)c1ccccc1Cl. The summed E-state index contributed by atoms with van der Waals surface area (Å²) in [6.07, 6.45) is 0. The van der Waals surface area contributed by atoms with Crippen LogP contribution < -0.4 is 25.4 Å². The zero-order valence-corrected chi connectivity index (χ0v) is 21.9. The molecule has 0 heterocycles. The number of halogens is 1. The molecule has 0 saturated carbocycles. The van der Waals surface area contributed by atoms with Gasteiger partial charge in [-0.05, 0) is 66.3 Å². The highest BCUT2D eigenvalue weighted by Gasteiger charge is 2.14. The lowest BCUT2D eigenvalue weighted by molar-refractivity contribution is 0.0976. The fraction of sp³-hybridized carbons (Fsp3) is 0.0690. The molecule has 4 rings (SSSR count). The lowest BCUT2D eigenvalue weighted by Crippen LogP contribution is -2.34. The summed E-state index contributed by atoms with van der Waals surface area (Å²) in [5, 5.41) is 8.84. The topological polar surface area (TPSA) is 88.7 Å². The number of carbonyl (C=O) groups excluding carboxylic acids is 2. The molecule has 0 saturated heterocycles. The summed E-state index contributed by atoms with van der Waals surface area (Å²) >= 11 is 11.4. The van der Waals surface area contributed by atoms with Crippen LogP contribution in [0.3, 0.4) is 0 Å². The highest BCUT2D eigenvalue weighted by atomic mass is 35.5. The Morgan fingerprint density at radius 3 is 2.26 bits per heavy atom. The number of methoxy groups -OCH3 is 1. The van der Waals surface area contributed by atoms with Crippen molar-refractivity contribution in [1.29, 1.82) is 0 Å². The van der Waals surface area contributed by atoms with Gasteiger partial charge in [-0.25, -0.2) is 0 Å². The monoisotopic (exact) mass is 545 g/mol. The van der Waals surface area contributed by atoms with Crippen molar-refractivity contribution in [3.63, 3.8) is 0 Å². The third-order valence-corrected chi connectivity index (χ3v) is 5.95. The number of ether oxygens (including phenoxy) is 2. The molecule has 0 atom stereocenters. The first-order valence-corrected chi connectivity index (χ1v) is 12.3. The third-order valence-electron chi connectivity index (χ3n) is 5.42. The Kier molecular flexibility index (Phi) is 8.92. The van der Waals surface area contributed by atoms with Crippen LogP contribution in [0.5, 0.6) is 11.5 Å². The van der Waals surface area contributed by atoms with Crippen LogP contribution in [-0.4, -0.2) is 24.0 Å². The minimum Gasteiger partial charge on any atom is -0.494 e. The molecule has 7 nitrogen and oxygen atoms in total. The minimum atomic E-state index is -0.368. The molecule has 38 heavy (non-hydrogen) atoms. The van der Waals surface area contributed by atoms with Crippen LogP contribution in [0.25, 0.3) is 0 Å². The van der Waals surface area contributed by atoms with Gasteiger partial charge in [0.1, 0.15) is 18.1 Å². The molecular weight excluding hydrogens is 522 g/mol. The van der Waals surface area contributed by atoms with E-state index in [1.807, 2.05) is 30.3 Å². The lowest BCUT2D eigenvalue weighted by atomic mass is 10.2. The van der Waals surface area contributed by atoms with E-state index in [0.717, 1.165) is 5.56 Å². The smallest absolute Gasteiger partial charge is 0.257 e. The summed E-state index contributed by atoms with van der Waals surface area (Å²) in [4.78, 5) is 25.2. The number of thiocarbonyl (C=S) groups is 1. The van der Waals surface area contributed by atoms with Crippen LogP contribution in [0.1, 0.15) is 26.3 Å². The van der Waals surface area contributed by atoms with Crippen LogP contribution in [-0.2, 0) is 6.61 Å². The van der Waals surface area contributed by atoms with Crippen molar-refractivity contribution < 1.29 is 19.1 Å². The molecule has 3 N–H and O–H groups in total. The molecule has 0 unspecified atom stereocenters. The maximum Gasteiger partial charge on any atom is 0.257 e. The first-order chi connectivity index (χ1) is 18.4. The van der Waals surface area contributed by atoms with Crippen molar-refractivity contribution in [1.82, 2.24) is 5.32 Å². The maximum absolute atomic E-state index is 12.6. The van der Waals surface area contributed by atoms with E-state index in [4.69, 9.17) is 33.3 Å². The average Bonchev–Trinajstić information content (AvgIpc) is 2.93. The summed E-state index contributed by atoms with van der Waals surface area (Å²) in [5.41, 5.74) is 2.84. The molecule has 192 valence electrons. The number of carbonyl (C=O) groups is 2. The van der Waals surface area contributed by atoms with Crippen molar-refractivity contribution in [3.8, 4) is 11.5 Å². The molecule has 0 aliphatic carbocycles. The van der Waals surface area contributed by atoms with Gasteiger partial charge in [-0.1, -0.05) is 54.1 Å². The molecule has 0 aliphatic heterocycles. The second-order valence-electron chi connectivity index (χ2n) is 8.06. The van der Waals surface area contributed by atoms with Gasteiger partial charge in [-0.3, -0.25) is 14.9 Å². The quantitative estimate of drug-likeness (QED) is 0.225. The lowest BCUT2D eigenvalue weighted by Gasteiger charge is -2.14. The predicted molar refractivity (Wildman–Crippen MR) is 153 cm³/mol. The van der Waals surface area contributed by atoms with E-state index in [1.165, 1.54) is 7.11 Å². The van der Waals surface area contributed by atoms with Crippen molar-refractivity contribution in [3.05, 3.63) is 119 Å². The third kappa shape index (κ3) is 7.09. The summed E-state index contributed by atoms with van der Waals surface area (Å²) in [5.74, 6) is 0.317. The molecule has 2 amide bonds. The van der Waals surface area contributed by atoms with Crippen LogP contribution in [0.2, 0.25) is 5.02 Å². The van der Waals surface area contributed by atoms with Crippen molar-refractivity contribution in [2.75, 3.05) is 17.7 Å². The van der Waals surface area contributed by atoms with Gasteiger partial charge in [-0.15, -0.1) is 0 Å². The highest BCUT2D eigenvalue weighted by Crippen LogP contribution is 2.29. The van der Waals surface area contributed by atoms with Crippen molar-refractivity contribution in [2.45, 2.75) is 6.61 Å². The Hall–Kier alpha value is -4.40. The molecular formula is C29H24ClN3O4S. The number of rotatable bonds is 8. The highest BCUT2D eigenvalue weighted by molar-refractivity contribution is 7.80. The molecule has 4 aromatic rings. The van der Waals surface area contributed by atoms with Gasteiger partial charge in [0.2, 0.25) is 0 Å². The first kappa shape index (κ1) is 26.7. The largest absolute Gasteiger partial charge is 0.494 e. The van der Waals surface area contributed by atoms with E-state index < -0.39 is 0 Å². The van der Waals surface area contributed by atoms with E-state index in [0.29, 0.717) is 45.6 Å². The van der Waals surface area contributed by atoms with Crippen molar-refractivity contribution in [2.24, 2.45) is 0 Å². The Balaban J connectivity index is 1.32. The standard InChI is InChI=1S/C29H24ClN3O4S/c1-36-26-17-21(13-16-25(26)32-28(35)23-9-5-6-10-24(23)30)31-29(38)33-27(34)20-11-14-22(15-12-20)37-18-19-7-3-2-4-8-19/h2-17H,18H2,1H3,(H,32,35)(H2,31,33,34,38). The molecule has 0 fully saturated rings. The Morgan fingerprint density at radius 2 is 1.55 bits per heavy atom. The molecule has 0 aliphatic rings. The van der Waals surface area contributed by atoms with Gasteiger partial charge < -0.3 is 20.1 Å².